The number of hydrazine groups is 1. The molecule has 2 aromatic rings. The van der Waals surface area contributed by atoms with Gasteiger partial charge in [-0.2, -0.15) is 0 Å². The summed E-state index contributed by atoms with van der Waals surface area (Å²) in [5.74, 6) is 5.31. The van der Waals surface area contributed by atoms with Gasteiger partial charge in [0.1, 0.15) is 10.7 Å². The summed E-state index contributed by atoms with van der Waals surface area (Å²) in [5.41, 5.74) is 3.16. The highest BCUT2D eigenvalue weighted by Crippen LogP contribution is 2.27. The van der Waals surface area contributed by atoms with Crippen LogP contribution in [0.2, 0.25) is 0 Å². The molecule has 2 heterocycles. The maximum atomic E-state index is 11.4. The molecule has 2 aromatic heterocycles. The number of nitrogen functional groups attached to an aromatic ring is 1. The summed E-state index contributed by atoms with van der Waals surface area (Å²) in [6, 6.07) is 9.05. The van der Waals surface area contributed by atoms with Gasteiger partial charge in [0.05, 0.1) is 5.69 Å². The topological polar surface area (TPSA) is 80.9 Å². The zero-order chi connectivity index (χ0) is 13.7. The van der Waals surface area contributed by atoms with E-state index >= 15 is 0 Å². The minimum atomic E-state index is -0.397. The number of amides is 1. The monoisotopic (exact) mass is 338 g/mol. The van der Waals surface area contributed by atoms with Crippen molar-refractivity contribution in [3.05, 3.63) is 52.4 Å². The fraction of sp³-hybridized carbons (Fsp3) is 0.0833. The maximum absolute atomic E-state index is 11.4. The van der Waals surface area contributed by atoms with E-state index in [0.717, 1.165) is 15.2 Å². The molecule has 5 nitrogen and oxygen atoms in total. The van der Waals surface area contributed by atoms with Gasteiger partial charge in [-0.15, -0.1) is 0 Å². The number of carbonyl (C=O) groups excluding carboxylic acids is 1. The van der Waals surface area contributed by atoms with E-state index in [4.69, 9.17) is 5.84 Å². The van der Waals surface area contributed by atoms with E-state index in [9.17, 15) is 4.79 Å². The minimum Gasteiger partial charge on any atom is -0.289 e. The fourth-order valence-corrected chi connectivity index (χ4v) is 2.77. The van der Waals surface area contributed by atoms with Crippen molar-refractivity contribution in [2.24, 2.45) is 5.84 Å². The van der Waals surface area contributed by atoms with Crippen LogP contribution in [0.3, 0.4) is 0 Å². The normalized spacial score (nSPS) is 10.2. The van der Waals surface area contributed by atoms with Crippen molar-refractivity contribution in [1.82, 2.24) is 15.4 Å². The molecule has 0 fully saturated rings. The third-order valence-electron chi connectivity index (χ3n) is 2.25. The number of hydrogen-bond donors (Lipinski definition) is 2. The van der Waals surface area contributed by atoms with Crippen LogP contribution < -0.4 is 11.3 Å². The Kier molecular flexibility index (Phi) is 4.89. The Labute approximate surface area is 123 Å². The molecule has 0 bridgehead atoms. The molecular weight excluding hydrogens is 328 g/mol. The van der Waals surface area contributed by atoms with Crippen LogP contribution in [0.1, 0.15) is 16.2 Å². The highest BCUT2D eigenvalue weighted by atomic mass is 79.9. The van der Waals surface area contributed by atoms with E-state index in [1.807, 2.05) is 18.2 Å². The van der Waals surface area contributed by atoms with Crippen molar-refractivity contribution in [2.75, 3.05) is 0 Å². The van der Waals surface area contributed by atoms with Crippen LogP contribution in [0.4, 0.5) is 0 Å². The van der Waals surface area contributed by atoms with Crippen molar-refractivity contribution in [2.45, 2.75) is 10.8 Å². The second-order valence-electron chi connectivity index (χ2n) is 3.57. The van der Waals surface area contributed by atoms with Crippen molar-refractivity contribution in [3.63, 3.8) is 0 Å². The first-order valence-corrected chi connectivity index (χ1v) is 7.19. The molecule has 0 atom stereocenters. The van der Waals surface area contributed by atoms with E-state index < -0.39 is 5.91 Å². The first-order chi connectivity index (χ1) is 9.20. The molecule has 0 aliphatic carbocycles. The number of pyridine rings is 2. The van der Waals surface area contributed by atoms with E-state index in [-0.39, 0.29) is 0 Å². The van der Waals surface area contributed by atoms with Gasteiger partial charge in [0.2, 0.25) is 0 Å². The number of rotatable bonds is 4. The van der Waals surface area contributed by atoms with Crippen molar-refractivity contribution in [3.8, 4) is 0 Å². The molecule has 98 valence electrons. The maximum Gasteiger partial charge on any atom is 0.283 e. The van der Waals surface area contributed by atoms with Gasteiger partial charge < -0.3 is 0 Å². The summed E-state index contributed by atoms with van der Waals surface area (Å²) in [4.78, 5) is 19.9. The van der Waals surface area contributed by atoms with Crippen LogP contribution in [0, 0.1) is 0 Å². The molecule has 3 N–H and O–H groups in total. The van der Waals surface area contributed by atoms with Crippen LogP contribution in [0.25, 0.3) is 0 Å². The molecule has 0 aliphatic rings. The van der Waals surface area contributed by atoms with Gasteiger partial charge in [-0.25, -0.2) is 15.8 Å². The van der Waals surface area contributed by atoms with Gasteiger partial charge in [0.15, 0.2) is 0 Å². The van der Waals surface area contributed by atoms with Gasteiger partial charge in [0, 0.05) is 16.4 Å². The lowest BCUT2D eigenvalue weighted by molar-refractivity contribution is 0.0948. The first kappa shape index (κ1) is 14.0. The summed E-state index contributed by atoms with van der Waals surface area (Å²) in [6.45, 7) is 0. The predicted octanol–water partition coefficient (Wildman–Crippen LogP) is 2.13. The average Bonchev–Trinajstić information content (AvgIpc) is 2.46. The minimum absolute atomic E-state index is 0.306. The Bertz CT molecular complexity index is 593. The lowest BCUT2D eigenvalue weighted by Gasteiger charge is -2.04. The SMILES string of the molecule is NNC(=O)c1cccc(CSc2ncccc2Br)n1. The number of halogens is 1. The van der Waals surface area contributed by atoms with Crippen molar-refractivity contribution >= 4 is 33.6 Å². The number of nitrogens with zero attached hydrogens (tertiary/aromatic N) is 2. The quantitative estimate of drug-likeness (QED) is 0.386. The number of nitrogens with one attached hydrogen (secondary N) is 1. The van der Waals surface area contributed by atoms with E-state index in [1.54, 1.807) is 30.1 Å². The molecule has 0 aromatic carbocycles. The first-order valence-electron chi connectivity index (χ1n) is 5.41. The fourth-order valence-electron chi connectivity index (χ4n) is 1.38. The van der Waals surface area contributed by atoms with Crippen LogP contribution in [-0.2, 0) is 5.75 Å². The molecule has 7 heteroatoms. The van der Waals surface area contributed by atoms with Crippen LogP contribution >= 0.6 is 27.7 Å². The number of thioether (sulfide) groups is 1. The lowest BCUT2D eigenvalue weighted by Crippen LogP contribution is -2.30. The third kappa shape index (κ3) is 3.76. The van der Waals surface area contributed by atoms with Crippen LogP contribution in [-0.4, -0.2) is 15.9 Å². The van der Waals surface area contributed by atoms with Gasteiger partial charge in [0.25, 0.3) is 5.91 Å². The summed E-state index contributed by atoms with van der Waals surface area (Å²) in [5, 5.41) is 0.887. The molecule has 0 saturated carbocycles. The Hall–Kier alpha value is -1.44. The molecule has 19 heavy (non-hydrogen) atoms. The Morgan fingerprint density at radius 3 is 2.95 bits per heavy atom. The van der Waals surface area contributed by atoms with E-state index in [0.29, 0.717) is 11.4 Å². The second-order valence-corrected chi connectivity index (χ2v) is 5.39. The summed E-state index contributed by atoms with van der Waals surface area (Å²) < 4.78 is 0.941. The molecule has 0 saturated heterocycles. The zero-order valence-corrected chi connectivity index (χ0v) is 12.2. The van der Waals surface area contributed by atoms with Crippen LogP contribution in [0.5, 0.6) is 0 Å². The van der Waals surface area contributed by atoms with Gasteiger partial charge in [-0.1, -0.05) is 17.8 Å². The second kappa shape index (κ2) is 6.65. The predicted molar refractivity (Wildman–Crippen MR) is 77.4 cm³/mol. The van der Waals surface area contributed by atoms with Crippen LogP contribution in [0.15, 0.2) is 46.0 Å². The lowest BCUT2D eigenvalue weighted by atomic mass is 10.3. The highest BCUT2D eigenvalue weighted by Gasteiger charge is 2.07. The third-order valence-corrected chi connectivity index (χ3v) is 4.19. The molecule has 0 radical (unpaired) electrons. The molecule has 2 rings (SSSR count). The Morgan fingerprint density at radius 1 is 1.37 bits per heavy atom. The molecule has 0 aliphatic heterocycles. The number of carbonyl (C=O) groups is 1. The van der Waals surface area contributed by atoms with Crippen molar-refractivity contribution in [1.29, 1.82) is 0 Å². The van der Waals surface area contributed by atoms with Gasteiger partial charge in [-0.05, 0) is 40.2 Å². The highest BCUT2D eigenvalue weighted by molar-refractivity contribution is 9.10. The van der Waals surface area contributed by atoms with Crippen molar-refractivity contribution < 1.29 is 4.79 Å². The molecule has 0 spiro atoms. The number of hydrogen-bond acceptors (Lipinski definition) is 5. The molecular formula is C12H11BrN4OS. The van der Waals surface area contributed by atoms with E-state index in [2.05, 4.69) is 31.3 Å². The molecule has 0 unspecified atom stereocenters. The standard InChI is InChI=1S/C12H11BrN4OS/c13-9-4-2-6-15-12(9)19-7-8-3-1-5-10(16-8)11(18)17-14/h1-6H,7,14H2,(H,17,18). The average molecular weight is 339 g/mol. The van der Waals surface area contributed by atoms with Gasteiger partial charge >= 0.3 is 0 Å². The Morgan fingerprint density at radius 2 is 2.21 bits per heavy atom. The number of nitrogens with two attached hydrogens (primary N) is 1. The zero-order valence-electron chi connectivity index (χ0n) is 9.84. The number of aromatic nitrogens is 2. The summed E-state index contributed by atoms with van der Waals surface area (Å²) in [6.07, 6.45) is 1.73. The summed E-state index contributed by atoms with van der Waals surface area (Å²) in [7, 11) is 0. The smallest absolute Gasteiger partial charge is 0.283 e. The molecule has 1 amide bonds. The van der Waals surface area contributed by atoms with Gasteiger partial charge in [-0.3, -0.25) is 10.2 Å². The van der Waals surface area contributed by atoms with E-state index in [1.165, 1.54) is 0 Å². The summed E-state index contributed by atoms with van der Waals surface area (Å²) >= 11 is 4.98. The Balaban J connectivity index is 2.08. The largest absolute Gasteiger partial charge is 0.289 e.